The van der Waals surface area contributed by atoms with E-state index in [0.717, 1.165) is 6.42 Å². The molecule has 0 atom stereocenters. The molecular weight excluding hydrogens is 218 g/mol. The van der Waals surface area contributed by atoms with Crippen LogP contribution in [-0.2, 0) is 0 Å². The second kappa shape index (κ2) is 6.20. The Labute approximate surface area is 102 Å². The van der Waals surface area contributed by atoms with E-state index in [1.165, 1.54) is 6.34 Å². The SMILES string of the molecule is CC(C)(C)CCOc1ccc(N=CNO)cn1. The van der Waals surface area contributed by atoms with Gasteiger partial charge in [-0.3, -0.25) is 10.7 Å². The summed E-state index contributed by atoms with van der Waals surface area (Å²) in [6.45, 7) is 7.16. The van der Waals surface area contributed by atoms with Gasteiger partial charge in [0.05, 0.1) is 18.5 Å². The zero-order valence-electron chi connectivity index (χ0n) is 10.5. The largest absolute Gasteiger partial charge is 0.478 e. The molecule has 0 spiro atoms. The van der Waals surface area contributed by atoms with Crippen molar-refractivity contribution in [2.45, 2.75) is 27.2 Å². The van der Waals surface area contributed by atoms with Gasteiger partial charge in [-0.25, -0.2) is 9.98 Å². The van der Waals surface area contributed by atoms with E-state index in [0.29, 0.717) is 18.2 Å². The fourth-order valence-electron chi connectivity index (χ4n) is 1.10. The number of hydrogen-bond acceptors (Lipinski definition) is 4. The lowest BCUT2D eigenvalue weighted by molar-refractivity contribution is 0.236. The average Bonchev–Trinajstić information content (AvgIpc) is 2.26. The van der Waals surface area contributed by atoms with Gasteiger partial charge < -0.3 is 4.74 Å². The molecule has 0 bridgehead atoms. The normalized spacial score (nSPS) is 11.8. The zero-order chi connectivity index (χ0) is 12.7. The van der Waals surface area contributed by atoms with Crippen LogP contribution in [0.1, 0.15) is 27.2 Å². The monoisotopic (exact) mass is 237 g/mol. The van der Waals surface area contributed by atoms with Crippen LogP contribution in [0.15, 0.2) is 23.3 Å². The van der Waals surface area contributed by atoms with Crippen molar-refractivity contribution in [1.82, 2.24) is 10.5 Å². The van der Waals surface area contributed by atoms with Crippen LogP contribution in [0, 0.1) is 5.41 Å². The minimum Gasteiger partial charge on any atom is -0.478 e. The first-order valence-corrected chi connectivity index (χ1v) is 5.52. The van der Waals surface area contributed by atoms with Crippen LogP contribution in [0.3, 0.4) is 0 Å². The summed E-state index contributed by atoms with van der Waals surface area (Å²) in [6.07, 6.45) is 3.74. The lowest BCUT2D eigenvalue weighted by Gasteiger charge is -2.17. The Morgan fingerprint density at radius 3 is 2.76 bits per heavy atom. The Bertz CT molecular complexity index is 355. The smallest absolute Gasteiger partial charge is 0.213 e. The maximum Gasteiger partial charge on any atom is 0.213 e. The molecule has 2 N–H and O–H groups in total. The van der Waals surface area contributed by atoms with E-state index in [2.05, 4.69) is 30.7 Å². The highest BCUT2D eigenvalue weighted by atomic mass is 16.5. The summed E-state index contributed by atoms with van der Waals surface area (Å²) in [4.78, 5) is 7.99. The number of nitrogens with zero attached hydrogens (tertiary/aromatic N) is 2. The molecule has 5 nitrogen and oxygen atoms in total. The van der Waals surface area contributed by atoms with E-state index in [-0.39, 0.29) is 5.41 Å². The summed E-state index contributed by atoms with van der Waals surface area (Å²) in [5, 5.41) is 8.33. The second-order valence-corrected chi connectivity index (χ2v) is 4.90. The molecule has 1 rings (SSSR count). The molecule has 0 amide bonds. The Kier molecular flexibility index (Phi) is 4.90. The van der Waals surface area contributed by atoms with Gasteiger partial charge in [-0.05, 0) is 17.9 Å². The number of aliphatic imine (C=N–C) groups is 1. The quantitative estimate of drug-likeness (QED) is 0.469. The van der Waals surface area contributed by atoms with Gasteiger partial charge in [0.15, 0.2) is 0 Å². The van der Waals surface area contributed by atoms with E-state index >= 15 is 0 Å². The summed E-state index contributed by atoms with van der Waals surface area (Å²) in [7, 11) is 0. The molecule has 0 radical (unpaired) electrons. The summed E-state index contributed by atoms with van der Waals surface area (Å²) in [6, 6.07) is 3.53. The maximum absolute atomic E-state index is 8.33. The molecule has 17 heavy (non-hydrogen) atoms. The molecule has 0 saturated heterocycles. The molecule has 0 aliphatic heterocycles. The van der Waals surface area contributed by atoms with Crippen molar-refractivity contribution >= 4 is 12.0 Å². The number of pyridine rings is 1. The maximum atomic E-state index is 8.33. The van der Waals surface area contributed by atoms with Crippen molar-refractivity contribution in [3.05, 3.63) is 18.3 Å². The Hall–Kier alpha value is -1.62. The average molecular weight is 237 g/mol. The molecule has 1 aromatic rings. The van der Waals surface area contributed by atoms with Crippen LogP contribution in [0.5, 0.6) is 5.88 Å². The zero-order valence-corrected chi connectivity index (χ0v) is 10.5. The highest BCUT2D eigenvalue weighted by Crippen LogP contribution is 2.19. The van der Waals surface area contributed by atoms with Crippen LogP contribution in [-0.4, -0.2) is 23.1 Å². The number of hydrogen-bond donors (Lipinski definition) is 2. The number of rotatable bonds is 5. The molecule has 0 unspecified atom stereocenters. The first-order valence-electron chi connectivity index (χ1n) is 5.52. The van der Waals surface area contributed by atoms with Crippen molar-refractivity contribution in [2.75, 3.05) is 6.61 Å². The topological polar surface area (TPSA) is 66.7 Å². The highest BCUT2D eigenvalue weighted by Gasteiger charge is 2.09. The number of aromatic nitrogens is 1. The molecule has 0 aliphatic carbocycles. The van der Waals surface area contributed by atoms with Crippen molar-refractivity contribution in [3.63, 3.8) is 0 Å². The lowest BCUT2D eigenvalue weighted by Crippen LogP contribution is -2.11. The molecule has 94 valence electrons. The van der Waals surface area contributed by atoms with Crippen LogP contribution in [0.2, 0.25) is 0 Å². The number of nitrogens with one attached hydrogen (secondary N) is 1. The van der Waals surface area contributed by atoms with Gasteiger partial charge in [0.1, 0.15) is 6.34 Å². The van der Waals surface area contributed by atoms with E-state index in [9.17, 15) is 0 Å². The highest BCUT2D eigenvalue weighted by molar-refractivity contribution is 5.59. The fourth-order valence-corrected chi connectivity index (χ4v) is 1.10. The molecule has 0 aliphatic rings. The number of hydroxylamine groups is 1. The van der Waals surface area contributed by atoms with Crippen LogP contribution in [0.4, 0.5) is 5.69 Å². The summed E-state index contributed by atoms with van der Waals surface area (Å²) < 4.78 is 5.51. The molecule has 1 aromatic heterocycles. The predicted octanol–water partition coefficient (Wildman–Crippen LogP) is 2.54. The fraction of sp³-hybridized carbons (Fsp3) is 0.500. The second-order valence-electron chi connectivity index (χ2n) is 4.90. The van der Waals surface area contributed by atoms with Crippen LogP contribution >= 0.6 is 0 Å². The molecule has 0 fully saturated rings. The van der Waals surface area contributed by atoms with Gasteiger partial charge in [-0.15, -0.1) is 0 Å². The number of ether oxygens (including phenoxy) is 1. The molecule has 0 saturated carbocycles. The Balaban J connectivity index is 2.43. The Morgan fingerprint density at radius 2 is 2.24 bits per heavy atom. The van der Waals surface area contributed by atoms with Crippen LogP contribution < -0.4 is 10.2 Å². The van der Waals surface area contributed by atoms with E-state index in [4.69, 9.17) is 9.94 Å². The van der Waals surface area contributed by atoms with Gasteiger partial charge in [0.2, 0.25) is 5.88 Å². The minimum absolute atomic E-state index is 0.261. The molecule has 5 heteroatoms. The molecular formula is C12H19N3O2. The summed E-state index contributed by atoms with van der Waals surface area (Å²) in [5.41, 5.74) is 2.74. The van der Waals surface area contributed by atoms with Crippen molar-refractivity contribution in [2.24, 2.45) is 10.4 Å². The third-order valence-electron chi connectivity index (χ3n) is 2.09. The third kappa shape index (κ3) is 5.87. The van der Waals surface area contributed by atoms with Gasteiger partial charge in [-0.2, -0.15) is 0 Å². The van der Waals surface area contributed by atoms with Crippen molar-refractivity contribution in [1.29, 1.82) is 0 Å². The van der Waals surface area contributed by atoms with Crippen molar-refractivity contribution < 1.29 is 9.94 Å². The van der Waals surface area contributed by atoms with Gasteiger partial charge in [0, 0.05) is 6.07 Å². The van der Waals surface area contributed by atoms with Gasteiger partial charge >= 0.3 is 0 Å². The molecule has 1 heterocycles. The summed E-state index contributed by atoms with van der Waals surface area (Å²) >= 11 is 0. The predicted molar refractivity (Wildman–Crippen MR) is 66.9 cm³/mol. The van der Waals surface area contributed by atoms with Gasteiger partial charge in [-0.1, -0.05) is 20.8 Å². The first-order chi connectivity index (χ1) is 8.01. The van der Waals surface area contributed by atoms with Crippen molar-refractivity contribution in [3.8, 4) is 5.88 Å². The van der Waals surface area contributed by atoms with E-state index in [1.54, 1.807) is 18.3 Å². The van der Waals surface area contributed by atoms with E-state index < -0.39 is 0 Å². The third-order valence-corrected chi connectivity index (χ3v) is 2.09. The van der Waals surface area contributed by atoms with Crippen LogP contribution in [0.25, 0.3) is 0 Å². The Morgan fingerprint density at radius 1 is 1.47 bits per heavy atom. The van der Waals surface area contributed by atoms with E-state index in [1.807, 2.05) is 5.48 Å². The standard InChI is InChI=1S/C12H19N3O2/c1-12(2,3)6-7-17-11-5-4-10(8-13-11)14-9-15-16/h4-5,8-9,16H,6-7H2,1-3H3,(H,14,15). The molecule has 0 aromatic carbocycles. The first kappa shape index (κ1) is 13.4. The summed E-state index contributed by atoms with van der Waals surface area (Å²) in [5.74, 6) is 0.588. The minimum atomic E-state index is 0.261. The lowest BCUT2D eigenvalue weighted by atomic mass is 9.93. The van der Waals surface area contributed by atoms with Gasteiger partial charge in [0.25, 0.3) is 0 Å².